The number of halogens is 2. The molecule has 1 aromatic heterocycles. The van der Waals surface area contributed by atoms with Crippen molar-refractivity contribution in [2.75, 3.05) is 6.54 Å². The highest BCUT2D eigenvalue weighted by Crippen LogP contribution is 2.32. The van der Waals surface area contributed by atoms with Gasteiger partial charge in [0.2, 0.25) is 0 Å². The molecule has 6 heteroatoms. The summed E-state index contributed by atoms with van der Waals surface area (Å²) < 4.78 is 0.942. The molecule has 1 heterocycles. The van der Waals surface area contributed by atoms with Crippen molar-refractivity contribution in [3.8, 4) is 10.6 Å². The largest absolute Gasteiger partial charge is 0.310 e. The van der Waals surface area contributed by atoms with Gasteiger partial charge in [-0.05, 0) is 30.7 Å². The van der Waals surface area contributed by atoms with E-state index in [1.807, 2.05) is 18.2 Å². The van der Waals surface area contributed by atoms with Crippen LogP contribution in [0.1, 0.15) is 18.9 Å². The highest BCUT2D eigenvalue weighted by molar-refractivity contribution is 9.10. The molecule has 0 spiro atoms. The summed E-state index contributed by atoms with van der Waals surface area (Å²) in [5.41, 5.74) is 1.03. The molecule has 2 aromatic rings. The number of aromatic nitrogens is 2. The highest BCUT2D eigenvalue weighted by Gasteiger charge is 2.10. The minimum absolute atomic E-state index is 0.637. The lowest BCUT2D eigenvalue weighted by Gasteiger charge is -2.04. The summed E-state index contributed by atoms with van der Waals surface area (Å²) in [4.78, 5) is 0. The van der Waals surface area contributed by atoms with Crippen LogP contribution < -0.4 is 5.32 Å². The predicted molar refractivity (Wildman–Crippen MR) is 84.6 cm³/mol. The van der Waals surface area contributed by atoms with Crippen molar-refractivity contribution >= 4 is 38.9 Å². The normalized spacial score (nSPS) is 11.2. The van der Waals surface area contributed by atoms with E-state index in [0.717, 1.165) is 33.1 Å². The van der Waals surface area contributed by atoms with Gasteiger partial charge in [0.1, 0.15) is 10.0 Å². The molecule has 0 amide bonds. The van der Waals surface area contributed by atoms with E-state index < -0.39 is 0 Å². The third-order valence-electron chi connectivity index (χ3n) is 2.46. The number of rotatable bonds is 5. The van der Waals surface area contributed by atoms with Gasteiger partial charge in [-0.15, -0.1) is 10.2 Å². The van der Waals surface area contributed by atoms with Gasteiger partial charge in [0.25, 0.3) is 0 Å². The van der Waals surface area contributed by atoms with Crippen LogP contribution in [0, 0.1) is 5.92 Å². The van der Waals surface area contributed by atoms with Crippen molar-refractivity contribution in [1.29, 1.82) is 0 Å². The molecule has 0 atom stereocenters. The van der Waals surface area contributed by atoms with Gasteiger partial charge < -0.3 is 5.32 Å². The van der Waals surface area contributed by atoms with Gasteiger partial charge in [0, 0.05) is 21.6 Å². The Morgan fingerprint density at radius 2 is 2.16 bits per heavy atom. The fraction of sp³-hybridized carbons (Fsp3) is 0.385. The highest BCUT2D eigenvalue weighted by atomic mass is 79.9. The smallest absolute Gasteiger partial charge is 0.148 e. The Hall–Kier alpha value is -0.490. The van der Waals surface area contributed by atoms with Gasteiger partial charge in [-0.1, -0.05) is 52.7 Å². The van der Waals surface area contributed by atoms with Crippen LogP contribution in [0.25, 0.3) is 10.6 Å². The molecule has 19 heavy (non-hydrogen) atoms. The Morgan fingerprint density at radius 1 is 1.37 bits per heavy atom. The maximum absolute atomic E-state index is 5.94. The molecule has 0 aliphatic rings. The second-order valence-corrected chi connectivity index (χ2v) is 7.00. The number of nitrogens with one attached hydrogen (secondary N) is 1. The summed E-state index contributed by atoms with van der Waals surface area (Å²) in [6.07, 6.45) is 0. The zero-order chi connectivity index (χ0) is 13.8. The Kier molecular flexibility index (Phi) is 5.33. The Labute approximate surface area is 130 Å². The van der Waals surface area contributed by atoms with Crippen molar-refractivity contribution in [1.82, 2.24) is 15.5 Å². The first-order valence-corrected chi connectivity index (χ1v) is 8.03. The molecule has 2 rings (SSSR count). The van der Waals surface area contributed by atoms with E-state index in [2.05, 4.69) is 45.3 Å². The summed E-state index contributed by atoms with van der Waals surface area (Å²) >= 11 is 11.0. The number of hydrogen-bond donors (Lipinski definition) is 1. The fourth-order valence-electron chi connectivity index (χ4n) is 1.56. The fourth-order valence-corrected chi connectivity index (χ4v) is 3.41. The van der Waals surface area contributed by atoms with E-state index in [1.165, 1.54) is 0 Å². The lowest BCUT2D eigenvalue weighted by Crippen LogP contribution is -2.18. The second kappa shape index (κ2) is 6.79. The van der Waals surface area contributed by atoms with Crippen molar-refractivity contribution in [3.63, 3.8) is 0 Å². The van der Waals surface area contributed by atoms with Crippen molar-refractivity contribution in [2.24, 2.45) is 5.92 Å². The van der Waals surface area contributed by atoms with Gasteiger partial charge in [0.05, 0.1) is 0 Å². The molecular weight excluding hydrogens is 346 g/mol. The minimum atomic E-state index is 0.637. The number of benzene rings is 1. The maximum Gasteiger partial charge on any atom is 0.148 e. The van der Waals surface area contributed by atoms with E-state index in [4.69, 9.17) is 11.6 Å². The summed E-state index contributed by atoms with van der Waals surface area (Å²) in [6.45, 7) is 6.12. The lowest BCUT2D eigenvalue weighted by atomic mass is 10.2. The Morgan fingerprint density at radius 3 is 2.84 bits per heavy atom. The van der Waals surface area contributed by atoms with Gasteiger partial charge in [-0.3, -0.25) is 0 Å². The van der Waals surface area contributed by atoms with Gasteiger partial charge >= 0.3 is 0 Å². The van der Waals surface area contributed by atoms with Gasteiger partial charge in [-0.25, -0.2) is 0 Å². The first-order chi connectivity index (χ1) is 9.06. The molecule has 0 aliphatic carbocycles. The minimum Gasteiger partial charge on any atom is -0.310 e. The molecule has 0 fully saturated rings. The summed E-state index contributed by atoms with van der Waals surface area (Å²) in [7, 11) is 0. The summed E-state index contributed by atoms with van der Waals surface area (Å²) in [5.74, 6) is 0.637. The Balaban J connectivity index is 2.08. The van der Waals surface area contributed by atoms with Crippen molar-refractivity contribution in [2.45, 2.75) is 20.4 Å². The number of hydrogen-bond acceptors (Lipinski definition) is 4. The van der Waals surface area contributed by atoms with Crippen LogP contribution in [-0.4, -0.2) is 16.7 Å². The van der Waals surface area contributed by atoms with Gasteiger partial charge in [0.15, 0.2) is 0 Å². The molecule has 3 nitrogen and oxygen atoms in total. The van der Waals surface area contributed by atoms with Crippen molar-refractivity contribution < 1.29 is 0 Å². The molecule has 102 valence electrons. The van der Waals surface area contributed by atoms with Crippen LogP contribution >= 0.6 is 38.9 Å². The van der Waals surface area contributed by atoms with Crippen LogP contribution in [0.15, 0.2) is 22.7 Å². The first-order valence-electron chi connectivity index (χ1n) is 6.05. The zero-order valence-corrected chi connectivity index (χ0v) is 13.9. The Bertz CT molecular complexity index is 557. The SMILES string of the molecule is CC(C)CNCc1nnc(-c2ccc(Cl)cc2Br)s1. The lowest BCUT2D eigenvalue weighted by molar-refractivity contribution is 0.550. The molecule has 0 bridgehead atoms. The molecule has 1 N–H and O–H groups in total. The topological polar surface area (TPSA) is 37.8 Å². The van der Waals surface area contributed by atoms with Crippen LogP contribution in [0.2, 0.25) is 5.02 Å². The number of nitrogens with zero attached hydrogens (tertiary/aromatic N) is 2. The van der Waals surface area contributed by atoms with Crippen LogP contribution in [0.5, 0.6) is 0 Å². The molecule has 0 saturated heterocycles. The molecule has 0 radical (unpaired) electrons. The zero-order valence-electron chi connectivity index (χ0n) is 10.8. The summed E-state index contributed by atoms with van der Waals surface area (Å²) in [5, 5.41) is 14.4. The standard InChI is InChI=1S/C13H15BrClN3S/c1-8(2)6-16-7-12-17-18-13(19-12)10-4-3-9(15)5-11(10)14/h3-5,8,16H,6-7H2,1-2H3. The molecular formula is C13H15BrClN3S. The second-order valence-electron chi connectivity index (χ2n) is 4.65. The quantitative estimate of drug-likeness (QED) is 0.860. The van der Waals surface area contributed by atoms with Crippen molar-refractivity contribution in [3.05, 3.63) is 32.7 Å². The van der Waals surface area contributed by atoms with Gasteiger partial charge in [-0.2, -0.15) is 0 Å². The predicted octanol–water partition coefficient (Wildman–Crippen LogP) is 4.37. The van der Waals surface area contributed by atoms with Crippen LogP contribution in [-0.2, 0) is 6.54 Å². The van der Waals surface area contributed by atoms with Crippen LogP contribution in [0.3, 0.4) is 0 Å². The third kappa shape index (κ3) is 4.24. The van der Waals surface area contributed by atoms with E-state index in [-0.39, 0.29) is 0 Å². The van der Waals surface area contributed by atoms with Crippen LogP contribution in [0.4, 0.5) is 0 Å². The van der Waals surface area contributed by atoms with E-state index in [9.17, 15) is 0 Å². The van der Waals surface area contributed by atoms with E-state index in [1.54, 1.807) is 11.3 Å². The molecule has 0 saturated carbocycles. The van der Waals surface area contributed by atoms with E-state index in [0.29, 0.717) is 10.9 Å². The monoisotopic (exact) mass is 359 g/mol. The average Bonchev–Trinajstić information content (AvgIpc) is 2.77. The molecule has 0 unspecified atom stereocenters. The van der Waals surface area contributed by atoms with E-state index >= 15 is 0 Å². The third-order valence-corrected chi connectivity index (χ3v) is 4.30. The molecule has 0 aliphatic heterocycles. The summed E-state index contributed by atoms with van der Waals surface area (Å²) in [6, 6.07) is 5.69. The average molecular weight is 361 g/mol. The maximum atomic E-state index is 5.94. The first kappa shape index (κ1) is 14.9. The molecule has 1 aromatic carbocycles.